The molecule has 0 aliphatic carbocycles. The maximum atomic E-state index is 10.4. The minimum absolute atomic E-state index is 0.118. The van der Waals surface area contributed by atoms with Gasteiger partial charge in [-0.3, -0.25) is 9.59 Å². The molecule has 0 atom stereocenters. The molecule has 0 radical (unpaired) electrons. The van der Waals surface area contributed by atoms with Gasteiger partial charge in [-0.05, 0) is 12.8 Å². The molecule has 1 rings (SSSR count). The van der Waals surface area contributed by atoms with E-state index in [0.29, 0.717) is 9.75 Å². The fraction of sp³-hybridized carbons (Fsp3) is 0.400. The summed E-state index contributed by atoms with van der Waals surface area (Å²) in [5.74, 6) is -2.66. The maximum Gasteiger partial charge on any atom is 0.303 e. The molecule has 17 heavy (non-hydrogen) atoms. The average molecular weight is 260 g/mol. The van der Waals surface area contributed by atoms with Crippen molar-refractivity contribution >= 4 is 23.3 Å². The zero-order chi connectivity index (χ0) is 13.0. The van der Waals surface area contributed by atoms with Crippen molar-refractivity contribution in [2.24, 2.45) is 0 Å². The molecule has 0 aliphatic rings. The van der Waals surface area contributed by atoms with Crippen LogP contribution in [0.25, 0.3) is 0 Å². The molecule has 0 saturated heterocycles. The highest BCUT2D eigenvalue weighted by Gasteiger charge is 2.17. The highest BCUT2D eigenvalue weighted by Crippen LogP contribution is 2.41. The normalized spacial score (nSPS) is 10.4. The van der Waals surface area contributed by atoms with Gasteiger partial charge in [0, 0.05) is 0 Å². The van der Waals surface area contributed by atoms with Crippen LogP contribution in [-0.2, 0) is 22.4 Å². The fourth-order valence-corrected chi connectivity index (χ4v) is 2.38. The van der Waals surface area contributed by atoms with Crippen LogP contribution in [0.3, 0.4) is 0 Å². The molecular formula is C10H12O6S. The minimum atomic E-state index is -0.996. The zero-order valence-electron chi connectivity index (χ0n) is 8.84. The first kappa shape index (κ1) is 13.3. The Balaban J connectivity index is 2.76. The van der Waals surface area contributed by atoms with Gasteiger partial charge < -0.3 is 20.4 Å². The number of carboxylic acid groups (broad SMARTS) is 2. The second-order valence-corrected chi connectivity index (χ2v) is 4.62. The third kappa shape index (κ3) is 3.63. The van der Waals surface area contributed by atoms with Crippen molar-refractivity contribution in [1.82, 2.24) is 0 Å². The number of rotatable bonds is 6. The molecule has 1 heterocycles. The van der Waals surface area contributed by atoms with Crippen LogP contribution in [0, 0.1) is 0 Å². The summed E-state index contributed by atoms with van der Waals surface area (Å²) in [6.45, 7) is 0. The van der Waals surface area contributed by atoms with E-state index in [-0.39, 0.29) is 37.2 Å². The lowest BCUT2D eigenvalue weighted by Crippen LogP contribution is -1.96. The summed E-state index contributed by atoms with van der Waals surface area (Å²) in [5.41, 5.74) is 0. The summed E-state index contributed by atoms with van der Waals surface area (Å²) in [6, 6.07) is 0. The number of aromatic hydroxyl groups is 2. The predicted octanol–water partition coefficient (Wildman–Crippen LogP) is 1.19. The number of hydrogen-bond acceptors (Lipinski definition) is 5. The van der Waals surface area contributed by atoms with Crippen molar-refractivity contribution in [1.29, 1.82) is 0 Å². The largest absolute Gasteiger partial charge is 0.503 e. The molecule has 0 fully saturated rings. The van der Waals surface area contributed by atoms with Crippen molar-refractivity contribution in [3.05, 3.63) is 9.75 Å². The van der Waals surface area contributed by atoms with Crippen LogP contribution >= 0.6 is 11.3 Å². The third-order valence-corrected chi connectivity index (χ3v) is 3.42. The fourth-order valence-electron chi connectivity index (χ4n) is 1.29. The molecule has 0 spiro atoms. The first-order chi connectivity index (χ1) is 7.91. The topological polar surface area (TPSA) is 115 Å². The van der Waals surface area contributed by atoms with Crippen LogP contribution < -0.4 is 0 Å². The van der Waals surface area contributed by atoms with Gasteiger partial charge in [0.15, 0.2) is 11.5 Å². The molecule has 94 valence electrons. The maximum absolute atomic E-state index is 10.4. The van der Waals surface area contributed by atoms with Gasteiger partial charge in [0.25, 0.3) is 0 Å². The molecule has 6 nitrogen and oxygen atoms in total. The van der Waals surface area contributed by atoms with Crippen LogP contribution in [0.15, 0.2) is 0 Å². The van der Waals surface area contributed by atoms with E-state index in [2.05, 4.69) is 0 Å². The standard InChI is InChI=1S/C10H12O6S/c11-7(12)3-1-5-9(15)10(16)6(17-5)2-4-8(13)14/h15-16H,1-4H2,(H,11,12)(H,13,14). The van der Waals surface area contributed by atoms with Gasteiger partial charge in [-0.15, -0.1) is 11.3 Å². The van der Waals surface area contributed by atoms with Crippen LogP contribution in [-0.4, -0.2) is 32.4 Å². The summed E-state index contributed by atoms with van der Waals surface area (Å²) in [7, 11) is 0. The first-order valence-corrected chi connectivity index (χ1v) is 5.69. The lowest BCUT2D eigenvalue weighted by atomic mass is 10.2. The monoisotopic (exact) mass is 260 g/mol. The second-order valence-electron chi connectivity index (χ2n) is 3.43. The second kappa shape index (κ2) is 5.53. The number of carboxylic acids is 2. The summed E-state index contributed by atoms with van der Waals surface area (Å²) < 4.78 is 0. The van der Waals surface area contributed by atoms with Gasteiger partial charge >= 0.3 is 11.9 Å². The summed E-state index contributed by atoms with van der Waals surface area (Å²) >= 11 is 1.04. The smallest absolute Gasteiger partial charge is 0.303 e. The lowest BCUT2D eigenvalue weighted by Gasteiger charge is -1.94. The lowest BCUT2D eigenvalue weighted by molar-refractivity contribution is -0.137. The van der Waals surface area contributed by atoms with E-state index in [1.165, 1.54) is 0 Å². The molecule has 1 aromatic rings. The van der Waals surface area contributed by atoms with Gasteiger partial charge in [-0.25, -0.2) is 0 Å². The SMILES string of the molecule is O=C(O)CCc1sc(CCC(=O)O)c(O)c1O. The van der Waals surface area contributed by atoms with Gasteiger partial charge in [0.1, 0.15) is 0 Å². The van der Waals surface area contributed by atoms with Gasteiger partial charge in [0.05, 0.1) is 22.6 Å². The average Bonchev–Trinajstić information content (AvgIpc) is 2.51. The number of aliphatic carboxylic acids is 2. The van der Waals surface area contributed by atoms with Crippen molar-refractivity contribution in [2.75, 3.05) is 0 Å². The molecule has 1 aromatic heterocycles. The van der Waals surface area contributed by atoms with E-state index >= 15 is 0 Å². The third-order valence-electron chi connectivity index (χ3n) is 2.13. The predicted molar refractivity (Wildman–Crippen MR) is 59.6 cm³/mol. The van der Waals surface area contributed by atoms with Gasteiger partial charge in [-0.1, -0.05) is 0 Å². The molecule has 0 aliphatic heterocycles. The number of aryl methyl sites for hydroxylation is 2. The highest BCUT2D eigenvalue weighted by molar-refractivity contribution is 7.12. The Labute approximate surface area is 101 Å². The molecule has 0 amide bonds. The van der Waals surface area contributed by atoms with Crippen LogP contribution in [0.4, 0.5) is 0 Å². The molecule has 0 unspecified atom stereocenters. The van der Waals surface area contributed by atoms with Gasteiger partial charge in [0.2, 0.25) is 0 Å². The van der Waals surface area contributed by atoms with Crippen molar-refractivity contribution in [2.45, 2.75) is 25.7 Å². The molecular weight excluding hydrogens is 248 g/mol. The molecule has 0 saturated carbocycles. The Hall–Kier alpha value is -1.76. The molecule has 0 bridgehead atoms. The number of hydrogen-bond donors (Lipinski definition) is 4. The van der Waals surface area contributed by atoms with Crippen LogP contribution in [0.5, 0.6) is 11.5 Å². The van der Waals surface area contributed by atoms with E-state index in [0.717, 1.165) is 11.3 Å². The van der Waals surface area contributed by atoms with Crippen molar-refractivity contribution in [3.63, 3.8) is 0 Å². The number of thiophene rings is 1. The highest BCUT2D eigenvalue weighted by atomic mass is 32.1. The van der Waals surface area contributed by atoms with E-state index in [1.54, 1.807) is 0 Å². The van der Waals surface area contributed by atoms with Crippen molar-refractivity contribution in [3.8, 4) is 11.5 Å². The Morgan fingerprint density at radius 2 is 1.24 bits per heavy atom. The Kier molecular flexibility index (Phi) is 4.33. The summed E-state index contributed by atoms with van der Waals surface area (Å²) in [6.07, 6.45) is -0.0588. The van der Waals surface area contributed by atoms with E-state index < -0.39 is 11.9 Å². The van der Waals surface area contributed by atoms with E-state index in [1.807, 2.05) is 0 Å². The Bertz CT molecular complexity index is 398. The quantitative estimate of drug-likeness (QED) is 0.610. The first-order valence-electron chi connectivity index (χ1n) is 4.88. The summed E-state index contributed by atoms with van der Waals surface area (Å²) in [4.78, 5) is 21.5. The summed E-state index contributed by atoms with van der Waals surface area (Å²) in [5, 5.41) is 36.0. The molecule has 0 aromatic carbocycles. The van der Waals surface area contributed by atoms with Gasteiger partial charge in [-0.2, -0.15) is 0 Å². The van der Waals surface area contributed by atoms with E-state index in [4.69, 9.17) is 10.2 Å². The minimum Gasteiger partial charge on any atom is -0.503 e. The van der Waals surface area contributed by atoms with Crippen LogP contribution in [0.1, 0.15) is 22.6 Å². The number of carbonyl (C=O) groups is 2. The van der Waals surface area contributed by atoms with Crippen LogP contribution in [0.2, 0.25) is 0 Å². The Morgan fingerprint density at radius 1 is 0.882 bits per heavy atom. The van der Waals surface area contributed by atoms with Crippen molar-refractivity contribution < 1.29 is 30.0 Å². The molecule has 4 N–H and O–H groups in total. The molecule has 7 heteroatoms. The zero-order valence-corrected chi connectivity index (χ0v) is 9.66. The Morgan fingerprint density at radius 3 is 1.53 bits per heavy atom. The van der Waals surface area contributed by atoms with E-state index in [9.17, 15) is 19.8 Å².